The molecule has 41 heavy (non-hydrogen) atoms. The van der Waals surface area contributed by atoms with Gasteiger partial charge < -0.3 is 39.9 Å². The number of nitrogens with two attached hydrogens (primary N) is 1. The summed E-state index contributed by atoms with van der Waals surface area (Å²) in [7, 11) is 2.19. The molecule has 2 fully saturated rings. The van der Waals surface area contributed by atoms with E-state index in [4.69, 9.17) is 30.1 Å². The van der Waals surface area contributed by atoms with Gasteiger partial charge in [0.2, 0.25) is 0 Å². The molecule has 220 valence electrons. The molecular weight excluding hydrogens is 540 g/mol. The van der Waals surface area contributed by atoms with Crippen LogP contribution in [0.3, 0.4) is 0 Å². The van der Waals surface area contributed by atoms with Gasteiger partial charge in [0.05, 0.1) is 26.4 Å². The van der Waals surface area contributed by atoms with E-state index < -0.39 is 0 Å². The molecule has 0 unspecified atom stereocenters. The van der Waals surface area contributed by atoms with Crippen molar-refractivity contribution in [2.24, 2.45) is 10.9 Å². The predicted octanol–water partition coefficient (Wildman–Crippen LogP) is 4.12. The molecule has 0 bridgehead atoms. The summed E-state index contributed by atoms with van der Waals surface area (Å²) < 4.78 is 17.4. The summed E-state index contributed by atoms with van der Waals surface area (Å²) in [6.07, 6.45) is 2.91. The summed E-state index contributed by atoms with van der Waals surface area (Å²) in [6.45, 7) is 8.73. The first-order valence-corrected chi connectivity index (χ1v) is 15.1. The van der Waals surface area contributed by atoms with E-state index in [-0.39, 0.29) is 5.84 Å². The van der Waals surface area contributed by atoms with E-state index in [0.29, 0.717) is 18.8 Å². The van der Waals surface area contributed by atoms with Crippen molar-refractivity contribution in [3.05, 3.63) is 54.1 Å². The molecule has 2 aromatic carbocycles. The SMILES string of the molecule is CN1CCN(c2sc(N3CCOCC3)nc2-c2ccc(OCCCCCOc3ccc(C(N)=NO)cc3)cc2)CC1. The van der Waals surface area contributed by atoms with Crippen LogP contribution in [0.4, 0.5) is 10.1 Å². The van der Waals surface area contributed by atoms with Gasteiger partial charge in [0.25, 0.3) is 0 Å². The van der Waals surface area contributed by atoms with Gasteiger partial charge in [0, 0.05) is 50.4 Å². The van der Waals surface area contributed by atoms with Gasteiger partial charge in [0.1, 0.15) is 22.2 Å². The summed E-state index contributed by atoms with van der Waals surface area (Å²) in [5.41, 5.74) is 8.43. The van der Waals surface area contributed by atoms with Crippen LogP contribution in [-0.4, -0.2) is 93.7 Å². The van der Waals surface area contributed by atoms with Crippen molar-refractivity contribution in [2.75, 3.05) is 82.5 Å². The van der Waals surface area contributed by atoms with Crippen molar-refractivity contribution in [2.45, 2.75) is 19.3 Å². The molecule has 11 heteroatoms. The number of unbranched alkanes of at least 4 members (excludes halogenated alkanes) is 2. The highest BCUT2D eigenvalue weighted by molar-refractivity contribution is 7.20. The Morgan fingerprint density at radius 1 is 0.878 bits per heavy atom. The van der Waals surface area contributed by atoms with Crippen molar-refractivity contribution >= 4 is 27.3 Å². The Morgan fingerprint density at radius 2 is 1.49 bits per heavy atom. The van der Waals surface area contributed by atoms with Crippen molar-refractivity contribution in [3.8, 4) is 22.8 Å². The molecule has 3 N–H and O–H groups in total. The first kappa shape index (κ1) is 29.0. The summed E-state index contributed by atoms with van der Waals surface area (Å²) in [5, 5.41) is 14.1. The van der Waals surface area contributed by atoms with E-state index in [2.05, 4.69) is 51.2 Å². The normalized spacial score (nSPS) is 16.7. The number of likely N-dealkylation sites (N-methyl/N-ethyl adjacent to an activating group) is 1. The molecule has 2 saturated heterocycles. The summed E-state index contributed by atoms with van der Waals surface area (Å²) in [6, 6.07) is 15.6. The minimum absolute atomic E-state index is 0.0858. The van der Waals surface area contributed by atoms with Gasteiger partial charge in [-0.1, -0.05) is 16.5 Å². The molecule has 3 aromatic rings. The van der Waals surface area contributed by atoms with E-state index in [1.165, 1.54) is 5.00 Å². The number of amidine groups is 1. The van der Waals surface area contributed by atoms with E-state index >= 15 is 0 Å². The van der Waals surface area contributed by atoms with Gasteiger partial charge in [-0.2, -0.15) is 0 Å². The first-order valence-electron chi connectivity index (χ1n) is 14.3. The molecule has 0 spiro atoms. The van der Waals surface area contributed by atoms with Crippen LogP contribution in [0, 0.1) is 0 Å². The van der Waals surface area contributed by atoms with Gasteiger partial charge >= 0.3 is 0 Å². The maximum absolute atomic E-state index is 8.75. The Kier molecular flexibility index (Phi) is 10.2. The van der Waals surface area contributed by atoms with Crippen molar-refractivity contribution < 1.29 is 19.4 Å². The molecule has 2 aliphatic heterocycles. The largest absolute Gasteiger partial charge is 0.494 e. The number of aromatic nitrogens is 1. The van der Waals surface area contributed by atoms with E-state index in [1.807, 2.05) is 12.1 Å². The van der Waals surface area contributed by atoms with Crippen LogP contribution in [0.2, 0.25) is 0 Å². The number of morpholine rings is 1. The average molecular weight is 581 g/mol. The highest BCUT2D eigenvalue weighted by Gasteiger charge is 2.25. The molecular formula is C30H40N6O4S. The molecule has 0 aliphatic carbocycles. The lowest BCUT2D eigenvalue weighted by Gasteiger charge is -2.33. The number of rotatable bonds is 12. The fraction of sp³-hybridized carbons (Fsp3) is 0.467. The van der Waals surface area contributed by atoms with Crippen LogP contribution >= 0.6 is 11.3 Å². The Hall–Kier alpha value is -3.54. The zero-order valence-corrected chi connectivity index (χ0v) is 24.5. The second-order valence-corrected chi connectivity index (χ2v) is 11.3. The monoisotopic (exact) mass is 580 g/mol. The third kappa shape index (κ3) is 7.81. The van der Waals surface area contributed by atoms with Crippen LogP contribution in [0.15, 0.2) is 53.7 Å². The van der Waals surface area contributed by atoms with E-state index in [1.54, 1.807) is 23.5 Å². The van der Waals surface area contributed by atoms with Crippen LogP contribution in [0.25, 0.3) is 11.3 Å². The minimum atomic E-state index is 0.0858. The van der Waals surface area contributed by atoms with Crippen LogP contribution in [0.1, 0.15) is 24.8 Å². The lowest BCUT2D eigenvalue weighted by Crippen LogP contribution is -2.44. The summed E-state index contributed by atoms with van der Waals surface area (Å²) >= 11 is 1.80. The number of hydrogen-bond donors (Lipinski definition) is 2. The third-order valence-electron chi connectivity index (χ3n) is 7.38. The number of piperazine rings is 1. The maximum Gasteiger partial charge on any atom is 0.188 e. The molecule has 10 nitrogen and oxygen atoms in total. The number of benzene rings is 2. The van der Waals surface area contributed by atoms with Crippen molar-refractivity contribution in [1.29, 1.82) is 0 Å². The standard InChI is InChI=1S/C30H40N6O4S/c1-34-13-15-35(16-14-34)29-27(32-30(41-29)36-17-21-38-22-18-36)23-5-9-25(10-6-23)39-19-3-2-4-20-40-26-11-7-24(8-12-26)28(31)33-37/h5-12,37H,2-4,13-22H2,1H3,(H2,31,33). The molecule has 5 rings (SSSR count). The zero-order chi connectivity index (χ0) is 28.4. The highest BCUT2D eigenvalue weighted by Crippen LogP contribution is 2.41. The van der Waals surface area contributed by atoms with Crippen LogP contribution in [0.5, 0.6) is 11.5 Å². The Labute approximate surface area is 245 Å². The van der Waals surface area contributed by atoms with Gasteiger partial charge in [-0.3, -0.25) is 0 Å². The van der Waals surface area contributed by atoms with Crippen LogP contribution in [-0.2, 0) is 4.74 Å². The maximum atomic E-state index is 8.75. The number of thiazole rings is 1. The second-order valence-electron chi connectivity index (χ2n) is 10.3. The van der Waals surface area contributed by atoms with Gasteiger partial charge in [-0.15, -0.1) is 0 Å². The Balaban J connectivity index is 1.10. The number of nitrogens with zero attached hydrogens (tertiary/aromatic N) is 5. The number of ether oxygens (including phenoxy) is 3. The van der Waals surface area contributed by atoms with Gasteiger partial charge in [0.15, 0.2) is 11.0 Å². The van der Waals surface area contributed by atoms with Gasteiger partial charge in [-0.05, 0) is 74.8 Å². The molecule has 2 aliphatic rings. The number of hydrogen-bond acceptors (Lipinski definition) is 10. The first-order chi connectivity index (χ1) is 20.1. The summed E-state index contributed by atoms with van der Waals surface area (Å²) in [4.78, 5) is 12.3. The van der Waals surface area contributed by atoms with E-state index in [9.17, 15) is 0 Å². The fourth-order valence-electron chi connectivity index (χ4n) is 4.85. The molecule has 0 saturated carbocycles. The number of oxime groups is 1. The number of anilines is 2. The highest BCUT2D eigenvalue weighted by atomic mass is 32.1. The van der Waals surface area contributed by atoms with Gasteiger partial charge in [-0.25, -0.2) is 4.98 Å². The van der Waals surface area contributed by atoms with Crippen molar-refractivity contribution in [3.63, 3.8) is 0 Å². The molecule has 3 heterocycles. The Morgan fingerprint density at radius 3 is 2.10 bits per heavy atom. The molecule has 0 amide bonds. The smallest absolute Gasteiger partial charge is 0.188 e. The van der Waals surface area contributed by atoms with E-state index in [0.717, 1.165) is 99.6 Å². The average Bonchev–Trinajstić information content (AvgIpc) is 3.47. The zero-order valence-electron chi connectivity index (χ0n) is 23.7. The quantitative estimate of drug-likeness (QED) is 0.108. The summed E-state index contributed by atoms with van der Waals surface area (Å²) in [5.74, 6) is 1.73. The second kappa shape index (κ2) is 14.4. The third-order valence-corrected chi connectivity index (χ3v) is 8.56. The molecule has 0 radical (unpaired) electrons. The topological polar surface area (TPSA) is 109 Å². The minimum Gasteiger partial charge on any atom is -0.494 e. The Bertz CT molecular complexity index is 1250. The predicted molar refractivity (Wildman–Crippen MR) is 164 cm³/mol. The lowest BCUT2D eigenvalue weighted by molar-refractivity contribution is 0.122. The van der Waals surface area contributed by atoms with Crippen molar-refractivity contribution in [1.82, 2.24) is 9.88 Å². The lowest BCUT2D eigenvalue weighted by atomic mass is 10.1. The fourth-order valence-corrected chi connectivity index (χ4v) is 6.05. The molecule has 1 aromatic heterocycles. The van der Waals surface area contributed by atoms with Crippen LogP contribution < -0.4 is 25.0 Å². The molecule has 0 atom stereocenters.